The number of aromatic carboxylic acids is 1. The lowest BCUT2D eigenvalue weighted by Crippen LogP contribution is -2.22. The van der Waals surface area contributed by atoms with Gasteiger partial charge in [0, 0.05) is 12.2 Å². The van der Waals surface area contributed by atoms with Gasteiger partial charge in [-0.2, -0.15) is 0 Å². The van der Waals surface area contributed by atoms with Crippen LogP contribution in [0.4, 0.5) is 5.69 Å². The van der Waals surface area contributed by atoms with Crippen molar-refractivity contribution in [2.75, 3.05) is 32.0 Å². The molecule has 104 valence electrons. The Morgan fingerprint density at radius 1 is 1.37 bits per heavy atom. The van der Waals surface area contributed by atoms with Gasteiger partial charge in [0.2, 0.25) is 0 Å². The van der Waals surface area contributed by atoms with Crippen LogP contribution < -0.4 is 10.5 Å². The van der Waals surface area contributed by atoms with E-state index in [9.17, 15) is 4.79 Å². The fourth-order valence-corrected chi connectivity index (χ4v) is 2.32. The van der Waals surface area contributed by atoms with Gasteiger partial charge in [0.25, 0.3) is 0 Å². The van der Waals surface area contributed by atoms with Crippen molar-refractivity contribution in [3.05, 3.63) is 23.8 Å². The molecule has 0 saturated carbocycles. The zero-order chi connectivity index (χ0) is 13.7. The third-order valence-corrected chi connectivity index (χ3v) is 3.31. The Balaban J connectivity index is 1.83. The molecule has 2 rings (SSSR count). The second kappa shape index (κ2) is 6.43. The molecular weight excluding hydrogens is 244 g/mol. The summed E-state index contributed by atoms with van der Waals surface area (Å²) in [4.78, 5) is 13.5. The highest BCUT2D eigenvalue weighted by Gasteiger charge is 2.13. The van der Waals surface area contributed by atoms with E-state index in [1.165, 1.54) is 32.0 Å². The summed E-state index contributed by atoms with van der Waals surface area (Å²) >= 11 is 0. The lowest BCUT2D eigenvalue weighted by atomic mass is 10.2. The molecule has 0 aliphatic carbocycles. The molecule has 1 aromatic carbocycles. The normalized spacial score (nSPS) is 15.6. The number of hydrogen-bond donors (Lipinski definition) is 2. The number of likely N-dealkylation sites (tertiary alicyclic amines) is 1. The van der Waals surface area contributed by atoms with E-state index in [4.69, 9.17) is 15.6 Å². The van der Waals surface area contributed by atoms with Crippen molar-refractivity contribution in [1.29, 1.82) is 0 Å². The molecule has 1 aliphatic rings. The molecule has 0 atom stereocenters. The minimum atomic E-state index is -1.01. The number of nitrogen functional groups attached to an aromatic ring is 1. The standard InChI is InChI=1S/C14H20N2O3/c15-11-4-5-13(12(10-11)14(17)18)19-9-3-8-16-6-1-2-7-16/h4-5,10H,1-3,6-9,15H2,(H,17,18). The second-order valence-corrected chi connectivity index (χ2v) is 4.81. The molecule has 0 aromatic heterocycles. The molecular formula is C14H20N2O3. The van der Waals surface area contributed by atoms with Gasteiger partial charge < -0.3 is 20.5 Å². The Labute approximate surface area is 113 Å². The highest BCUT2D eigenvalue weighted by molar-refractivity contribution is 5.92. The molecule has 0 bridgehead atoms. The van der Waals surface area contributed by atoms with Gasteiger partial charge >= 0.3 is 5.97 Å². The van der Waals surface area contributed by atoms with Crippen LogP contribution >= 0.6 is 0 Å². The first-order valence-electron chi connectivity index (χ1n) is 6.65. The van der Waals surface area contributed by atoms with Crippen molar-refractivity contribution in [1.82, 2.24) is 4.90 Å². The van der Waals surface area contributed by atoms with Gasteiger partial charge in [0.05, 0.1) is 6.61 Å². The van der Waals surface area contributed by atoms with E-state index in [0.717, 1.165) is 13.0 Å². The predicted molar refractivity (Wildman–Crippen MR) is 73.6 cm³/mol. The molecule has 1 saturated heterocycles. The van der Waals surface area contributed by atoms with Crippen LogP contribution in [0.1, 0.15) is 29.6 Å². The van der Waals surface area contributed by atoms with Gasteiger partial charge in [0.15, 0.2) is 0 Å². The summed E-state index contributed by atoms with van der Waals surface area (Å²) in [6.45, 7) is 3.88. The van der Waals surface area contributed by atoms with Crippen LogP contribution in [-0.4, -0.2) is 42.2 Å². The molecule has 1 aliphatic heterocycles. The molecule has 3 N–H and O–H groups in total. The number of nitrogens with zero attached hydrogens (tertiary/aromatic N) is 1. The van der Waals surface area contributed by atoms with Gasteiger partial charge in [-0.1, -0.05) is 0 Å². The number of carbonyl (C=O) groups is 1. The quantitative estimate of drug-likeness (QED) is 0.605. The van der Waals surface area contributed by atoms with Gasteiger partial charge in [0.1, 0.15) is 11.3 Å². The van der Waals surface area contributed by atoms with E-state index in [0.29, 0.717) is 18.0 Å². The minimum Gasteiger partial charge on any atom is -0.493 e. The Hall–Kier alpha value is -1.75. The van der Waals surface area contributed by atoms with Crippen LogP contribution in [0, 0.1) is 0 Å². The second-order valence-electron chi connectivity index (χ2n) is 4.81. The van der Waals surface area contributed by atoms with Crippen molar-refractivity contribution in [3.8, 4) is 5.75 Å². The number of anilines is 1. The Bertz CT molecular complexity index is 442. The lowest BCUT2D eigenvalue weighted by Gasteiger charge is -2.15. The fraction of sp³-hybridized carbons (Fsp3) is 0.500. The molecule has 0 radical (unpaired) electrons. The summed E-state index contributed by atoms with van der Waals surface area (Å²) in [6, 6.07) is 4.70. The van der Waals surface area contributed by atoms with Crippen LogP contribution in [0.15, 0.2) is 18.2 Å². The summed E-state index contributed by atoms with van der Waals surface area (Å²) in [7, 11) is 0. The van der Waals surface area contributed by atoms with E-state index in [-0.39, 0.29) is 5.56 Å². The van der Waals surface area contributed by atoms with Crippen LogP contribution in [0.2, 0.25) is 0 Å². The van der Waals surface area contributed by atoms with E-state index in [2.05, 4.69) is 4.90 Å². The summed E-state index contributed by atoms with van der Waals surface area (Å²) < 4.78 is 5.55. The van der Waals surface area contributed by atoms with E-state index < -0.39 is 5.97 Å². The van der Waals surface area contributed by atoms with Crippen molar-refractivity contribution in [3.63, 3.8) is 0 Å². The number of carboxylic acid groups (broad SMARTS) is 1. The molecule has 1 aromatic rings. The minimum absolute atomic E-state index is 0.126. The third kappa shape index (κ3) is 3.86. The highest BCUT2D eigenvalue weighted by atomic mass is 16.5. The number of ether oxygens (including phenoxy) is 1. The van der Waals surface area contributed by atoms with Gasteiger partial charge in [-0.25, -0.2) is 4.79 Å². The van der Waals surface area contributed by atoms with Crippen LogP contribution in [0.5, 0.6) is 5.75 Å². The smallest absolute Gasteiger partial charge is 0.339 e. The summed E-state index contributed by atoms with van der Waals surface area (Å²) in [5, 5.41) is 9.08. The lowest BCUT2D eigenvalue weighted by molar-refractivity contribution is 0.0692. The first-order valence-corrected chi connectivity index (χ1v) is 6.65. The molecule has 1 fully saturated rings. The predicted octanol–water partition coefficient (Wildman–Crippen LogP) is 1.83. The van der Waals surface area contributed by atoms with E-state index in [1.807, 2.05) is 0 Å². The van der Waals surface area contributed by atoms with Crippen LogP contribution in [-0.2, 0) is 0 Å². The zero-order valence-corrected chi connectivity index (χ0v) is 11.0. The molecule has 19 heavy (non-hydrogen) atoms. The van der Waals surface area contributed by atoms with E-state index >= 15 is 0 Å². The molecule has 0 spiro atoms. The van der Waals surface area contributed by atoms with Gasteiger partial charge in [-0.3, -0.25) is 0 Å². The average Bonchev–Trinajstić information content (AvgIpc) is 2.89. The molecule has 0 amide bonds. The van der Waals surface area contributed by atoms with Crippen LogP contribution in [0.25, 0.3) is 0 Å². The number of rotatable bonds is 6. The maximum atomic E-state index is 11.1. The average molecular weight is 264 g/mol. The van der Waals surface area contributed by atoms with Crippen molar-refractivity contribution >= 4 is 11.7 Å². The first-order chi connectivity index (χ1) is 9.16. The van der Waals surface area contributed by atoms with Gasteiger partial charge in [-0.05, 0) is 50.6 Å². The molecule has 1 heterocycles. The van der Waals surface area contributed by atoms with E-state index in [1.54, 1.807) is 12.1 Å². The maximum absolute atomic E-state index is 11.1. The van der Waals surface area contributed by atoms with Gasteiger partial charge in [-0.15, -0.1) is 0 Å². The highest BCUT2D eigenvalue weighted by Crippen LogP contribution is 2.21. The number of hydrogen-bond acceptors (Lipinski definition) is 4. The van der Waals surface area contributed by atoms with Crippen molar-refractivity contribution in [2.45, 2.75) is 19.3 Å². The topological polar surface area (TPSA) is 75.8 Å². The first kappa shape index (κ1) is 13.7. The third-order valence-electron chi connectivity index (χ3n) is 3.31. The fourth-order valence-electron chi connectivity index (χ4n) is 2.32. The zero-order valence-electron chi connectivity index (χ0n) is 11.0. The van der Waals surface area contributed by atoms with Crippen molar-refractivity contribution in [2.24, 2.45) is 0 Å². The maximum Gasteiger partial charge on any atom is 0.339 e. The monoisotopic (exact) mass is 264 g/mol. The number of benzene rings is 1. The molecule has 5 heteroatoms. The number of carboxylic acids is 1. The molecule has 5 nitrogen and oxygen atoms in total. The number of nitrogens with two attached hydrogens (primary N) is 1. The Morgan fingerprint density at radius 2 is 2.11 bits per heavy atom. The largest absolute Gasteiger partial charge is 0.493 e. The SMILES string of the molecule is Nc1ccc(OCCCN2CCCC2)c(C(=O)O)c1. The summed E-state index contributed by atoms with van der Waals surface area (Å²) in [6.07, 6.45) is 3.47. The Kier molecular flexibility index (Phi) is 4.63. The molecule has 0 unspecified atom stereocenters. The Morgan fingerprint density at radius 3 is 2.79 bits per heavy atom. The summed E-state index contributed by atoms with van der Waals surface area (Å²) in [5.41, 5.74) is 6.14. The van der Waals surface area contributed by atoms with Crippen molar-refractivity contribution < 1.29 is 14.6 Å². The summed E-state index contributed by atoms with van der Waals surface area (Å²) in [5.74, 6) is -0.620. The van der Waals surface area contributed by atoms with Crippen LogP contribution in [0.3, 0.4) is 0 Å².